The van der Waals surface area contributed by atoms with E-state index in [1.807, 2.05) is 0 Å². The van der Waals surface area contributed by atoms with Crippen LogP contribution in [0.25, 0.3) is 0 Å². The summed E-state index contributed by atoms with van der Waals surface area (Å²) in [5.41, 5.74) is 1.16. The number of sulfonamides is 1. The third kappa shape index (κ3) is 4.66. The van der Waals surface area contributed by atoms with E-state index in [0.29, 0.717) is 35.9 Å². The molecule has 1 aromatic heterocycles. The molecule has 8 nitrogen and oxygen atoms in total. The van der Waals surface area contributed by atoms with Crippen molar-refractivity contribution in [2.45, 2.75) is 44.6 Å². The SMILES string of the molecule is CC(=O)Nc1ccc(S(=O)(=O)N2CCCC(Oc3ccnc(C)n3)C2)c(C)c1. The first-order valence-corrected chi connectivity index (χ1v) is 10.5. The lowest BCUT2D eigenvalue weighted by molar-refractivity contribution is -0.114. The zero-order valence-electron chi connectivity index (χ0n) is 16.2. The molecule has 1 saturated heterocycles. The number of nitrogens with zero attached hydrogens (tertiary/aromatic N) is 3. The molecule has 2 aromatic rings. The van der Waals surface area contributed by atoms with E-state index in [-0.39, 0.29) is 23.5 Å². The van der Waals surface area contributed by atoms with Crippen molar-refractivity contribution >= 4 is 21.6 Å². The maximum Gasteiger partial charge on any atom is 0.243 e. The van der Waals surface area contributed by atoms with Crippen LogP contribution >= 0.6 is 0 Å². The highest BCUT2D eigenvalue weighted by Gasteiger charge is 2.32. The topological polar surface area (TPSA) is 101 Å². The van der Waals surface area contributed by atoms with Crippen LogP contribution in [0.4, 0.5) is 5.69 Å². The molecule has 1 amide bonds. The molecule has 1 aromatic carbocycles. The first-order valence-electron chi connectivity index (χ1n) is 9.10. The van der Waals surface area contributed by atoms with Gasteiger partial charge in [0.15, 0.2) is 0 Å². The molecule has 0 aliphatic carbocycles. The summed E-state index contributed by atoms with van der Waals surface area (Å²) >= 11 is 0. The minimum atomic E-state index is -3.66. The quantitative estimate of drug-likeness (QED) is 0.820. The molecule has 0 spiro atoms. The third-order valence-corrected chi connectivity index (χ3v) is 6.52. The van der Waals surface area contributed by atoms with Gasteiger partial charge in [-0.2, -0.15) is 9.29 Å². The van der Waals surface area contributed by atoms with Gasteiger partial charge in [-0.3, -0.25) is 4.79 Å². The fraction of sp³-hybridized carbons (Fsp3) is 0.421. The lowest BCUT2D eigenvalue weighted by Gasteiger charge is -2.32. The van der Waals surface area contributed by atoms with Crippen LogP contribution in [0, 0.1) is 13.8 Å². The van der Waals surface area contributed by atoms with Gasteiger partial charge in [-0.1, -0.05) is 0 Å². The normalized spacial score (nSPS) is 17.9. The van der Waals surface area contributed by atoms with Gasteiger partial charge in [0.05, 0.1) is 11.4 Å². The van der Waals surface area contributed by atoms with E-state index < -0.39 is 10.0 Å². The van der Waals surface area contributed by atoms with Gasteiger partial charge >= 0.3 is 0 Å². The van der Waals surface area contributed by atoms with Gasteiger partial charge in [0.2, 0.25) is 21.8 Å². The number of ether oxygens (including phenoxy) is 1. The van der Waals surface area contributed by atoms with Crippen LogP contribution in [0.15, 0.2) is 35.4 Å². The Hall–Kier alpha value is -2.52. The Morgan fingerprint density at radius 1 is 1.29 bits per heavy atom. The van der Waals surface area contributed by atoms with Crippen molar-refractivity contribution in [2.75, 3.05) is 18.4 Å². The number of aryl methyl sites for hydroxylation is 2. The van der Waals surface area contributed by atoms with E-state index >= 15 is 0 Å². The zero-order chi connectivity index (χ0) is 20.3. The van der Waals surface area contributed by atoms with Crippen molar-refractivity contribution < 1.29 is 17.9 Å². The molecule has 1 atom stereocenters. The summed E-state index contributed by atoms with van der Waals surface area (Å²) in [6.45, 7) is 5.61. The highest BCUT2D eigenvalue weighted by molar-refractivity contribution is 7.89. The number of piperidine rings is 1. The van der Waals surface area contributed by atoms with Gasteiger partial charge in [0.25, 0.3) is 0 Å². The minimum absolute atomic E-state index is 0.203. The molecule has 1 fully saturated rings. The Kier molecular flexibility index (Phi) is 5.95. The molecule has 28 heavy (non-hydrogen) atoms. The molecule has 1 unspecified atom stereocenters. The number of benzene rings is 1. The average molecular weight is 404 g/mol. The summed E-state index contributed by atoms with van der Waals surface area (Å²) in [4.78, 5) is 19.7. The first kappa shape index (κ1) is 20.2. The van der Waals surface area contributed by atoms with E-state index in [0.717, 1.165) is 6.42 Å². The molecule has 1 aliphatic heterocycles. The molecule has 9 heteroatoms. The van der Waals surface area contributed by atoms with Crippen LogP contribution in [0.2, 0.25) is 0 Å². The van der Waals surface area contributed by atoms with Gasteiger partial charge in [0.1, 0.15) is 11.9 Å². The van der Waals surface area contributed by atoms with Crippen LogP contribution in [0.3, 0.4) is 0 Å². The second kappa shape index (κ2) is 8.24. The number of hydrogen-bond acceptors (Lipinski definition) is 6. The van der Waals surface area contributed by atoms with E-state index in [2.05, 4.69) is 15.3 Å². The Morgan fingerprint density at radius 2 is 2.07 bits per heavy atom. The molecule has 0 saturated carbocycles. The molecule has 0 bridgehead atoms. The molecular weight excluding hydrogens is 380 g/mol. The molecular formula is C19H24N4O4S. The predicted molar refractivity (Wildman–Crippen MR) is 105 cm³/mol. The number of anilines is 1. The zero-order valence-corrected chi connectivity index (χ0v) is 17.0. The molecule has 1 N–H and O–H groups in total. The fourth-order valence-corrected chi connectivity index (χ4v) is 4.97. The second-order valence-corrected chi connectivity index (χ2v) is 8.76. The van der Waals surface area contributed by atoms with Crippen LogP contribution in [0.5, 0.6) is 5.88 Å². The largest absolute Gasteiger partial charge is 0.473 e. The molecule has 0 radical (unpaired) electrons. The van der Waals surface area contributed by atoms with Gasteiger partial charge in [-0.05, 0) is 50.5 Å². The lowest BCUT2D eigenvalue weighted by Crippen LogP contribution is -2.44. The van der Waals surface area contributed by atoms with Crippen molar-refractivity contribution in [1.29, 1.82) is 0 Å². The van der Waals surface area contributed by atoms with Crippen molar-refractivity contribution in [3.8, 4) is 5.88 Å². The van der Waals surface area contributed by atoms with Gasteiger partial charge < -0.3 is 10.1 Å². The molecule has 150 valence electrons. The maximum absolute atomic E-state index is 13.2. The molecule has 1 aliphatic rings. The number of aromatic nitrogens is 2. The first-order chi connectivity index (χ1) is 13.3. The highest BCUT2D eigenvalue weighted by atomic mass is 32.2. The summed E-state index contributed by atoms with van der Waals surface area (Å²) in [5.74, 6) is 0.853. The highest BCUT2D eigenvalue weighted by Crippen LogP contribution is 2.26. The minimum Gasteiger partial charge on any atom is -0.473 e. The maximum atomic E-state index is 13.2. The summed E-state index contributed by atoms with van der Waals surface area (Å²) in [7, 11) is -3.66. The number of rotatable bonds is 5. The van der Waals surface area contributed by atoms with Crippen LogP contribution < -0.4 is 10.1 Å². The van der Waals surface area contributed by atoms with Crippen molar-refractivity contribution in [3.63, 3.8) is 0 Å². The van der Waals surface area contributed by atoms with Crippen LogP contribution in [0.1, 0.15) is 31.2 Å². The lowest BCUT2D eigenvalue weighted by atomic mass is 10.1. The molecule has 3 rings (SSSR count). The van der Waals surface area contributed by atoms with E-state index in [4.69, 9.17) is 4.74 Å². The number of carbonyl (C=O) groups is 1. The summed E-state index contributed by atoms with van der Waals surface area (Å²) < 4.78 is 33.6. The summed E-state index contributed by atoms with van der Waals surface area (Å²) in [5, 5.41) is 2.66. The Labute approximate surface area is 165 Å². The standard InChI is InChI=1S/C19H24N4O4S/c1-13-11-16(22-15(3)24)6-7-18(13)28(25,26)23-10-4-5-17(12-23)27-19-8-9-20-14(2)21-19/h6-9,11,17H,4-5,10,12H2,1-3H3,(H,22,24). The van der Waals surface area contributed by atoms with Crippen molar-refractivity contribution in [1.82, 2.24) is 14.3 Å². The van der Waals surface area contributed by atoms with Gasteiger partial charge in [-0.15, -0.1) is 0 Å². The number of nitrogens with one attached hydrogen (secondary N) is 1. The van der Waals surface area contributed by atoms with E-state index in [1.165, 1.54) is 17.3 Å². The van der Waals surface area contributed by atoms with E-state index in [1.54, 1.807) is 38.2 Å². The average Bonchev–Trinajstić information content (AvgIpc) is 2.61. The van der Waals surface area contributed by atoms with Crippen molar-refractivity contribution in [2.24, 2.45) is 0 Å². The number of hydrogen-bond donors (Lipinski definition) is 1. The van der Waals surface area contributed by atoms with Crippen LogP contribution in [-0.2, 0) is 14.8 Å². The monoisotopic (exact) mass is 404 g/mol. The van der Waals surface area contributed by atoms with Crippen LogP contribution in [-0.4, -0.2) is 47.8 Å². The Bertz CT molecular complexity index is 978. The van der Waals surface area contributed by atoms with E-state index in [9.17, 15) is 13.2 Å². The predicted octanol–water partition coefficient (Wildman–Crippen LogP) is 2.28. The summed E-state index contributed by atoms with van der Waals surface area (Å²) in [6.07, 6.45) is 2.82. The number of amides is 1. The summed E-state index contributed by atoms with van der Waals surface area (Å²) in [6, 6.07) is 6.47. The Balaban J connectivity index is 1.77. The van der Waals surface area contributed by atoms with Gasteiger partial charge in [-0.25, -0.2) is 13.4 Å². The smallest absolute Gasteiger partial charge is 0.243 e. The second-order valence-electron chi connectivity index (χ2n) is 6.85. The third-order valence-electron chi connectivity index (χ3n) is 4.49. The number of carbonyl (C=O) groups excluding carboxylic acids is 1. The van der Waals surface area contributed by atoms with Gasteiger partial charge in [0, 0.05) is 31.4 Å². The molecule has 2 heterocycles. The van der Waals surface area contributed by atoms with Crippen molar-refractivity contribution in [3.05, 3.63) is 41.9 Å². The Morgan fingerprint density at radius 3 is 2.75 bits per heavy atom. The fourth-order valence-electron chi connectivity index (χ4n) is 3.25.